The molecule has 0 spiro atoms. The lowest BCUT2D eigenvalue weighted by atomic mass is 9.94. The molecule has 0 bridgehead atoms. The van der Waals surface area contributed by atoms with Crippen LogP contribution in [0.4, 0.5) is 0 Å². The first-order valence-corrected chi connectivity index (χ1v) is 10.5. The summed E-state index contributed by atoms with van der Waals surface area (Å²) in [6, 6.07) is 20.4. The number of aliphatic hydroxyl groups excluding tert-OH is 1. The smallest absolute Gasteiger partial charge is 0.254 e. The SMILES string of the molecule is COC(C)c1ccc(-c2cccc3c(C(=O)N(C)CC4(CO)CC4)cccc23)cc1. The van der Waals surface area contributed by atoms with E-state index < -0.39 is 0 Å². The van der Waals surface area contributed by atoms with E-state index in [-0.39, 0.29) is 24.0 Å². The third-order valence-electron chi connectivity index (χ3n) is 6.41. The van der Waals surface area contributed by atoms with Crippen LogP contribution in [0.5, 0.6) is 0 Å². The predicted octanol–water partition coefficient (Wildman–Crippen LogP) is 5.06. The molecular weight excluding hydrogens is 374 g/mol. The van der Waals surface area contributed by atoms with Crippen molar-refractivity contribution in [3.05, 3.63) is 71.8 Å². The molecule has 1 unspecified atom stereocenters. The fourth-order valence-corrected chi connectivity index (χ4v) is 4.14. The molecule has 1 atom stereocenters. The highest BCUT2D eigenvalue weighted by Crippen LogP contribution is 2.45. The zero-order valence-corrected chi connectivity index (χ0v) is 17.9. The summed E-state index contributed by atoms with van der Waals surface area (Å²) in [6.07, 6.45) is 2.02. The van der Waals surface area contributed by atoms with E-state index in [4.69, 9.17) is 4.74 Å². The summed E-state index contributed by atoms with van der Waals surface area (Å²) < 4.78 is 5.41. The number of rotatable bonds is 7. The molecule has 4 rings (SSSR count). The molecule has 0 aromatic heterocycles. The Kier molecular flexibility index (Phi) is 5.63. The van der Waals surface area contributed by atoms with Gasteiger partial charge in [-0.15, -0.1) is 0 Å². The number of nitrogens with zero attached hydrogens (tertiary/aromatic N) is 1. The van der Waals surface area contributed by atoms with Gasteiger partial charge in [0.2, 0.25) is 0 Å². The highest BCUT2D eigenvalue weighted by molar-refractivity contribution is 6.10. The van der Waals surface area contributed by atoms with E-state index in [0.29, 0.717) is 12.1 Å². The van der Waals surface area contributed by atoms with Crippen LogP contribution in [0.2, 0.25) is 0 Å². The van der Waals surface area contributed by atoms with Gasteiger partial charge in [0, 0.05) is 31.7 Å². The molecule has 1 fully saturated rings. The molecule has 1 amide bonds. The van der Waals surface area contributed by atoms with Gasteiger partial charge in [0.15, 0.2) is 0 Å². The Hall–Kier alpha value is -2.69. The van der Waals surface area contributed by atoms with Crippen molar-refractivity contribution in [3.63, 3.8) is 0 Å². The lowest BCUT2D eigenvalue weighted by Gasteiger charge is -2.23. The maximum absolute atomic E-state index is 13.2. The van der Waals surface area contributed by atoms with E-state index in [1.54, 1.807) is 12.0 Å². The zero-order chi connectivity index (χ0) is 21.3. The second-order valence-corrected chi connectivity index (χ2v) is 8.53. The van der Waals surface area contributed by atoms with E-state index in [0.717, 1.165) is 40.3 Å². The van der Waals surface area contributed by atoms with Gasteiger partial charge < -0.3 is 14.7 Å². The lowest BCUT2D eigenvalue weighted by Crippen LogP contribution is -2.34. The number of carbonyl (C=O) groups excluding carboxylic acids is 1. The molecule has 1 aliphatic carbocycles. The molecule has 1 aliphatic rings. The van der Waals surface area contributed by atoms with Crippen LogP contribution in [0.3, 0.4) is 0 Å². The van der Waals surface area contributed by atoms with Gasteiger partial charge in [0.05, 0.1) is 12.7 Å². The maximum atomic E-state index is 13.2. The molecule has 1 N–H and O–H groups in total. The maximum Gasteiger partial charge on any atom is 0.254 e. The number of methoxy groups -OCH3 is 1. The number of benzene rings is 3. The van der Waals surface area contributed by atoms with Crippen molar-refractivity contribution >= 4 is 16.7 Å². The first kappa shape index (κ1) is 20.6. The third-order valence-corrected chi connectivity index (χ3v) is 6.41. The van der Waals surface area contributed by atoms with E-state index >= 15 is 0 Å². The van der Waals surface area contributed by atoms with Crippen molar-refractivity contribution in [2.24, 2.45) is 5.41 Å². The van der Waals surface area contributed by atoms with E-state index in [9.17, 15) is 9.90 Å². The fraction of sp³-hybridized carbons (Fsp3) is 0.346. The van der Waals surface area contributed by atoms with Gasteiger partial charge in [-0.05, 0) is 53.3 Å². The second kappa shape index (κ2) is 8.21. The number of fused-ring (bicyclic) bond motifs is 1. The van der Waals surface area contributed by atoms with Crippen LogP contribution in [-0.4, -0.2) is 43.2 Å². The van der Waals surface area contributed by atoms with Crippen LogP contribution in [0.25, 0.3) is 21.9 Å². The van der Waals surface area contributed by atoms with Gasteiger partial charge in [-0.2, -0.15) is 0 Å². The van der Waals surface area contributed by atoms with Crippen LogP contribution >= 0.6 is 0 Å². The standard InChI is InChI=1S/C26H29NO3/c1-18(30-3)19-10-12-20(13-11-19)21-6-4-8-23-22(21)7-5-9-24(23)25(29)27(2)16-26(17-28)14-15-26/h4-13,18,28H,14-17H2,1-3H3. The summed E-state index contributed by atoms with van der Waals surface area (Å²) in [6.45, 7) is 2.77. The lowest BCUT2D eigenvalue weighted by molar-refractivity contribution is 0.0735. The topological polar surface area (TPSA) is 49.8 Å². The van der Waals surface area contributed by atoms with E-state index in [1.165, 1.54) is 0 Å². The summed E-state index contributed by atoms with van der Waals surface area (Å²) in [5.41, 5.74) is 3.96. The van der Waals surface area contributed by atoms with Gasteiger partial charge >= 0.3 is 0 Å². The van der Waals surface area contributed by atoms with E-state index in [1.807, 2.05) is 38.2 Å². The predicted molar refractivity (Wildman–Crippen MR) is 121 cm³/mol. The Balaban J connectivity index is 1.69. The molecule has 1 saturated carbocycles. The van der Waals surface area contributed by atoms with Gasteiger partial charge in [0.25, 0.3) is 5.91 Å². The van der Waals surface area contributed by atoms with Crippen molar-refractivity contribution in [3.8, 4) is 11.1 Å². The monoisotopic (exact) mass is 403 g/mol. The second-order valence-electron chi connectivity index (χ2n) is 8.53. The summed E-state index contributed by atoms with van der Waals surface area (Å²) in [4.78, 5) is 15.0. The third kappa shape index (κ3) is 3.85. The highest BCUT2D eigenvalue weighted by atomic mass is 16.5. The summed E-state index contributed by atoms with van der Waals surface area (Å²) in [5.74, 6) is 0.00161. The molecule has 30 heavy (non-hydrogen) atoms. The molecule has 4 nitrogen and oxygen atoms in total. The van der Waals surface area contributed by atoms with Gasteiger partial charge in [-0.25, -0.2) is 0 Å². The molecule has 4 heteroatoms. The number of hydrogen-bond acceptors (Lipinski definition) is 3. The average Bonchev–Trinajstić information content (AvgIpc) is 3.57. The quantitative estimate of drug-likeness (QED) is 0.600. The minimum absolute atomic E-state index is 0.00161. The van der Waals surface area contributed by atoms with Crippen molar-refractivity contribution in [1.29, 1.82) is 0 Å². The Labute approximate surface area is 178 Å². The Morgan fingerprint density at radius 3 is 2.37 bits per heavy atom. The van der Waals surface area contributed by atoms with Crippen LogP contribution in [0, 0.1) is 5.41 Å². The minimum Gasteiger partial charge on any atom is -0.396 e. The van der Waals surface area contributed by atoms with Crippen molar-refractivity contribution in [2.75, 3.05) is 27.3 Å². The van der Waals surface area contributed by atoms with Crippen molar-refractivity contribution in [2.45, 2.75) is 25.9 Å². The minimum atomic E-state index is -0.0960. The summed E-state index contributed by atoms with van der Waals surface area (Å²) >= 11 is 0. The molecule has 0 aliphatic heterocycles. The summed E-state index contributed by atoms with van der Waals surface area (Å²) in [7, 11) is 3.54. The molecule has 3 aromatic rings. The highest BCUT2D eigenvalue weighted by Gasteiger charge is 2.43. The van der Waals surface area contributed by atoms with E-state index in [2.05, 4.69) is 36.4 Å². The Morgan fingerprint density at radius 1 is 1.07 bits per heavy atom. The molecule has 0 saturated heterocycles. The van der Waals surface area contributed by atoms with Crippen LogP contribution in [0.1, 0.15) is 41.8 Å². The average molecular weight is 404 g/mol. The molecule has 0 radical (unpaired) electrons. The first-order valence-electron chi connectivity index (χ1n) is 10.5. The number of hydrogen-bond donors (Lipinski definition) is 1. The fourth-order valence-electron chi connectivity index (χ4n) is 4.14. The Bertz CT molecular complexity index is 1050. The largest absolute Gasteiger partial charge is 0.396 e. The van der Waals surface area contributed by atoms with Crippen LogP contribution in [0.15, 0.2) is 60.7 Å². The molecule has 0 heterocycles. The number of amides is 1. The number of ether oxygens (including phenoxy) is 1. The molecule has 156 valence electrons. The van der Waals surface area contributed by atoms with Crippen LogP contribution in [-0.2, 0) is 4.74 Å². The van der Waals surface area contributed by atoms with Crippen molar-refractivity contribution in [1.82, 2.24) is 4.90 Å². The van der Waals surface area contributed by atoms with Gasteiger partial charge in [-0.3, -0.25) is 4.79 Å². The molecule has 3 aromatic carbocycles. The Morgan fingerprint density at radius 2 is 1.73 bits per heavy atom. The summed E-state index contributed by atoms with van der Waals surface area (Å²) in [5, 5.41) is 11.6. The van der Waals surface area contributed by atoms with Crippen LogP contribution < -0.4 is 0 Å². The molecular formula is C26H29NO3. The normalized spacial score (nSPS) is 15.7. The van der Waals surface area contributed by atoms with Gasteiger partial charge in [-0.1, -0.05) is 54.6 Å². The van der Waals surface area contributed by atoms with Gasteiger partial charge in [0.1, 0.15) is 0 Å². The van der Waals surface area contributed by atoms with Crippen molar-refractivity contribution < 1.29 is 14.6 Å². The number of carbonyl (C=O) groups is 1. The number of aliphatic hydroxyl groups is 1. The first-order chi connectivity index (χ1) is 14.5. The zero-order valence-electron chi connectivity index (χ0n) is 17.9.